The summed E-state index contributed by atoms with van der Waals surface area (Å²) in [7, 11) is 0. The molecule has 0 radical (unpaired) electrons. The number of epoxide rings is 3. The van der Waals surface area contributed by atoms with E-state index in [0.717, 1.165) is 50.6 Å². The zero-order chi connectivity index (χ0) is 13.5. The van der Waals surface area contributed by atoms with Crippen molar-refractivity contribution in [2.75, 3.05) is 37.8 Å². The first-order valence-electron chi connectivity index (χ1n) is 7.19. The maximum absolute atomic E-state index is 10.3. The zero-order valence-electron chi connectivity index (χ0n) is 11.3. The summed E-state index contributed by atoms with van der Waals surface area (Å²) in [5.41, 5.74) is 2.00. The second kappa shape index (κ2) is 4.91. The molecule has 3 heterocycles. The monoisotopic (exact) mass is 277 g/mol. The average Bonchev–Trinajstić information content (AvgIpc) is 3.21. The number of hydrogen-bond acceptors (Lipinski definition) is 5. The van der Waals surface area contributed by atoms with Crippen molar-refractivity contribution in [1.82, 2.24) is 0 Å². The predicted molar refractivity (Wildman–Crippen MR) is 73.2 cm³/mol. The van der Waals surface area contributed by atoms with Crippen molar-refractivity contribution in [3.05, 3.63) is 23.8 Å². The van der Waals surface area contributed by atoms with Crippen LogP contribution < -0.4 is 4.90 Å². The van der Waals surface area contributed by atoms with Crippen molar-refractivity contribution in [3.63, 3.8) is 0 Å². The smallest absolute Gasteiger partial charge is 0.139 e. The van der Waals surface area contributed by atoms with Gasteiger partial charge in [0.1, 0.15) is 5.75 Å². The minimum absolute atomic E-state index is 0.299. The molecular formula is C15H19NO4. The van der Waals surface area contributed by atoms with Crippen molar-refractivity contribution >= 4 is 5.69 Å². The molecule has 3 aliphatic rings. The Bertz CT molecular complexity index is 481. The molecule has 3 aliphatic heterocycles. The molecule has 1 N–H and O–H groups in total. The van der Waals surface area contributed by atoms with Crippen LogP contribution in [0.1, 0.15) is 5.56 Å². The summed E-state index contributed by atoms with van der Waals surface area (Å²) in [6.45, 7) is 4.11. The van der Waals surface area contributed by atoms with Crippen molar-refractivity contribution < 1.29 is 19.3 Å². The largest absolute Gasteiger partial charge is 0.506 e. The first-order chi connectivity index (χ1) is 9.78. The molecule has 0 aliphatic carbocycles. The first kappa shape index (κ1) is 12.4. The summed E-state index contributed by atoms with van der Waals surface area (Å²) in [5.74, 6) is 0.337. The van der Waals surface area contributed by atoms with Crippen LogP contribution in [0.3, 0.4) is 0 Å². The van der Waals surface area contributed by atoms with Crippen LogP contribution in [0.5, 0.6) is 5.75 Å². The van der Waals surface area contributed by atoms with Gasteiger partial charge in [-0.2, -0.15) is 0 Å². The average molecular weight is 277 g/mol. The van der Waals surface area contributed by atoms with Crippen molar-refractivity contribution in [2.24, 2.45) is 0 Å². The van der Waals surface area contributed by atoms with Crippen LogP contribution in [0, 0.1) is 0 Å². The van der Waals surface area contributed by atoms with Gasteiger partial charge in [-0.3, -0.25) is 0 Å². The van der Waals surface area contributed by atoms with Gasteiger partial charge in [0.25, 0.3) is 0 Å². The van der Waals surface area contributed by atoms with E-state index in [9.17, 15) is 5.11 Å². The van der Waals surface area contributed by atoms with Crippen molar-refractivity contribution in [2.45, 2.75) is 24.7 Å². The molecule has 0 aromatic heterocycles. The third-order valence-electron chi connectivity index (χ3n) is 3.90. The molecule has 0 amide bonds. The molecule has 1 aromatic rings. The fourth-order valence-electron chi connectivity index (χ4n) is 2.52. The molecule has 1 aromatic carbocycles. The Kier molecular flexibility index (Phi) is 3.06. The van der Waals surface area contributed by atoms with E-state index in [0.29, 0.717) is 24.1 Å². The third-order valence-corrected chi connectivity index (χ3v) is 3.90. The fourth-order valence-corrected chi connectivity index (χ4v) is 2.52. The quantitative estimate of drug-likeness (QED) is 0.752. The lowest BCUT2D eigenvalue weighted by molar-refractivity contribution is 0.387. The van der Waals surface area contributed by atoms with Gasteiger partial charge in [0, 0.05) is 19.5 Å². The second-order valence-corrected chi connectivity index (χ2v) is 5.80. The van der Waals surface area contributed by atoms with Crippen LogP contribution in [-0.4, -0.2) is 56.3 Å². The number of benzene rings is 1. The van der Waals surface area contributed by atoms with Gasteiger partial charge in [-0.05, 0) is 17.7 Å². The van der Waals surface area contributed by atoms with Crippen molar-refractivity contribution in [1.29, 1.82) is 0 Å². The minimum atomic E-state index is 0.299. The Morgan fingerprint density at radius 2 is 1.60 bits per heavy atom. The second-order valence-electron chi connectivity index (χ2n) is 5.80. The van der Waals surface area contributed by atoms with E-state index in [4.69, 9.17) is 14.2 Å². The Labute approximate surface area is 118 Å². The lowest BCUT2D eigenvalue weighted by atomic mass is 10.1. The van der Waals surface area contributed by atoms with Gasteiger partial charge in [-0.15, -0.1) is 0 Å². The SMILES string of the molecule is Oc1cc(CC2CO2)ccc1N(CC1CO1)CC1CO1. The lowest BCUT2D eigenvalue weighted by Crippen LogP contribution is -2.31. The number of phenolic OH excluding ortho intramolecular Hbond substituents is 1. The normalized spacial score (nSPS) is 30.1. The molecule has 3 fully saturated rings. The Hall–Kier alpha value is -1.30. The maximum atomic E-state index is 10.3. The third kappa shape index (κ3) is 3.06. The molecular weight excluding hydrogens is 258 g/mol. The van der Waals surface area contributed by atoms with E-state index in [1.807, 2.05) is 12.1 Å². The van der Waals surface area contributed by atoms with E-state index in [1.54, 1.807) is 0 Å². The number of aromatic hydroxyl groups is 1. The molecule has 0 spiro atoms. The summed E-state index contributed by atoms with van der Waals surface area (Å²) in [4.78, 5) is 2.17. The highest BCUT2D eigenvalue weighted by Gasteiger charge is 2.32. The molecule has 108 valence electrons. The van der Waals surface area contributed by atoms with E-state index in [1.165, 1.54) is 0 Å². The molecule has 20 heavy (non-hydrogen) atoms. The fraction of sp³-hybridized carbons (Fsp3) is 0.600. The topological polar surface area (TPSA) is 61.1 Å². The van der Waals surface area contributed by atoms with Gasteiger partial charge in [0.05, 0.1) is 43.8 Å². The zero-order valence-corrected chi connectivity index (χ0v) is 11.3. The summed E-state index contributed by atoms with van der Waals surface area (Å²) in [5, 5.41) is 10.3. The molecule has 5 heteroatoms. The number of ether oxygens (including phenoxy) is 3. The number of nitrogens with zero attached hydrogens (tertiary/aromatic N) is 1. The summed E-state index contributed by atoms with van der Waals surface area (Å²) in [6.07, 6.45) is 1.82. The van der Waals surface area contributed by atoms with Crippen LogP contribution >= 0.6 is 0 Å². The number of phenols is 1. The maximum Gasteiger partial charge on any atom is 0.139 e. The minimum Gasteiger partial charge on any atom is -0.506 e. The molecule has 5 nitrogen and oxygen atoms in total. The van der Waals surface area contributed by atoms with Crippen LogP contribution in [0.25, 0.3) is 0 Å². The van der Waals surface area contributed by atoms with Crippen molar-refractivity contribution in [3.8, 4) is 5.75 Å². The Morgan fingerprint density at radius 3 is 2.10 bits per heavy atom. The summed E-state index contributed by atoms with van der Waals surface area (Å²) >= 11 is 0. The first-order valence-corrected chi connectivity index (χ1v) is 7.19. The molecule has 3 atom stereocenters. The van der Waals surface area contributed by atoms with E-state index in [2.05, 4.69) is 11.0 Å². The van der Waals surface area contributed by atoms with Crippen LogP contribution in [-0.2, 0) is 20.6 Å². The molecule has 0 bridgehead atoms. The highest BCUT2D eigenvalue weighted by Crippen LogP contribution is 2.32. The summed E-state index contributed by atoms with van der Waals surface area (Å²) in [6, 6.07) is 5.93. The van der Waals surface area contributed by atoms with Crippen LogP contribution in [0.4, 0.5) is 5.69 Å². The van der Waals surface area contributed by atoms with E-state index >= 15 is 0 Å². The van der Waals surface area contributed by atoms with Crippen LogP contribution in [0.15, 0.2) is 18.2 Å². The standard InChI is InChI=1S/C15H19NO4/c17-15-4-10(3-11-7-18-11)1-2-14(15)16(5-12-8-19-12)6-13-9-20-13/h1-2,4,11-13,17H,3,5-9H2. The highest BCUT2D eigenvalue weighted by molar-refractivity contribution is 5.59. The highest BCUT2D eigenvalue weighted by atomic mass is 16.6. The van der Waals surface area contributed by atoms with E-state index in [-0.39, 0.29) is 0 Å². The molecule has 4 rings (SSSR count). The van der Waals surface area contributed by atoms with Gasteiger partial charge in [0.2, 0.25) is 0 Å². The van der Waals surface area contributed by atoms with E-state index < -0.39 is 0 Å². The van der Waals surface area contributed by atoms with Gasteiger partial charge < -0.3 is 24.2 Å². The Balaban J connectivity index is 1.50. The summed E-state index contributed by atoms with van der Waals surface area (Å²) < 4.78 is 15.8. The van der Waals surface area contributed by atoms with Gasteiger partial charge in [0.15, 0.2) is 0 Å². The van der Waals surface area contributed by atoms with Crippen LogP contribution in [0.2, 0.25) is 0 Å². The number of rotatable bonds is 7. The van der Waals surface area contributed by atoms with Gasteiger partial charge in [-0.25, -0.2) is 0 Å². The molecule has 3 unspecified atom stereocenters. The molecule has 0 saturated carbocycles. The number of anilines is 1. The number of hydrogen-bond donors (Lipinski definition) is 1. The Morgan fingerprint density at radius 1 is 1.00 bits per heavy atom. The lowest BCUT2D eigenvalue weighted by Gasteiger charge is -2.24. The predicted octanol–water partition coefficient (Wildman–Crippen LogP) is 0.937. The van der Waals surface area contributed by atoms with Gasteiger partial charge in [-0.1, -0.05) is 6.07 Å². The molecule has 3 saturated heterocycles. The van der Waals surface area contributed by atoms with Gasteiger partial charge >= 0.3 is 0 Å².